The van der Waals surface area contributed by atoms with Gasteiger partial charge in [0.25, 0.3) is 11.8 Å². The molecule has 1 saturated heterocycles. The number of rotatable bonds is 7. The Morgan fingerprint density at radius 3 is 1.91 bits per heavy atom. The molecule has 2 heterocycles. The summed E-state index contributed by atoms with van der Waals surface area (Å²) in [5.74, 6) is -2.35. The molecule has 0 N–H and O–H groups in total. The number of fused-ring (bicyclic) bond motifs is 1. The number of hydrogen-bond donors (Lipinski definition) is 0. The van der Waals surface area contributed by atoms with Crippen LogP contribution in [0.2, 0.25) is 0 Å². The Balaban J connectivity index is 1.41. The number of aliphatic carboxylic acids is 1. The minimum atomic E-state index is -3.84. The van der Waals surface area contributed by atoms with Gasteiger partial charge in [-0.2, -0.15) is 4.31 Å². The first kappa shape index (κ1) is 23.6. The molecular weight excluding hydrogens is 462 g/mol. The van der Waals surface area contributed by atoms with Crippen LogP contribution in [-0.2, 0) is 19.6 Å². The molecule has 0 spiro atoms. The molecular formula is C23H22N3O7S-. The molecule has 10 nitrogen and oxygen atoms in total. The third-order valence-corrected chi connectivity index (χ3v) is 7.80. The van der Waals surface area contributed by atoms with Gasteiger partial charge in [0.2, 0.25) is 15.9 Å². The Morgan fingerprint density at radius 1 is 0.824 bits per heavy atom. The zero-order valence-corrected chi connectivity index (χ0v) is 19.0. The number of hydrogen-bond acceptors (Lipinski definition) is 7. The fraction of sp³-hybridized carbons (Fsp3) is 0.304. The van der Waals surface area contributed by atoms with Crippen LogP contribution in [-0.4, -0.2) is 67.5 Å². The van der Waals surface area contributed by atoms with Crippen LogP contribution >= 0.6 is 0 Å². The SMILES string of the molecule is O=C([O-])CCCC(=O)N1CCN(S(=O)(=O)c2ccc(N3C(=O)c4ccccc4C3=O)cc2)CC1. The maximum Gasteiger partial charge on any atom is 0.266 e. The summed E-state index contributed by atoms with van der Waals surface area (Å²) in [4.78, 5) is 50.5. The molecule has 2 aromatic carbocycles. The van der Waals surface area contributed by atoms with Gasteiger partial charge in [0.15, 0.2) is 0 Å². The maximum atomic E-state index is 13.1. The molecule has 0 aliphatic carbocycles. The maximum absolute atomic E-state index is 13.1. The number of amides is 3. The number of carbonyl (C=O) groups excluding carboxylic acids is 4. The Labute approximate surface area is 196 Å². The highest BCUT2D eigenvalue weighted by Crippen LogP contribution is 2.29. The van der Waals surface area contributed by atoms with E-state index in [9.17, 15) is 32.7 Å². The fourth-order valence-electron chi connectivity index (χ4n) is 4.06. The van der Waals surface area contributed by atoms with Crippen molar-refractivity contribution in [1.82, 2.24) is 9.21 Å². The van der Waals surface area contributed by atoms with Crippen LogP contribution in [0.5, 0.6) is 0 Å². The molecule has 0 unspecified atom stereocenters. The molecule has 0 saturated carbocycles. The van der Waals surface area contributed by atoms with E-state index in [-0.39, 0.29) is 61.9 Å². The first-order valence-electron chi connectivity index (χ1n) is 10.8. The number of carboxylic acids is 1. The Bertz CT molecular complexity index is 1210. The highest BCUT2D eigenvalue weighted by molar-refractivity contribution is 7.89. The summed E-state index contributed by atoms with van der Waals surface area (Å²) in [5.41, 5.74) is 0.879. The first-order valence-corrected chi connectivity index (χ1v) is 12.2. The molecule has 0 bridgehead atoms. The highest BCUT2D eigenvalue weighted by atomic mass is 32.2. The number of nitrogens with zero attached hydrogens (tertiary/aromatic N) is 3. The van der Waals surface area contributed by atoms with Gasteiger partial charge in [0.05, 0.1) is 21.7 Å². The van der Waals surface area contributed by atoms with E-state index in [1.807, 2.05) is 0 Å². The van der Waals surface area contributed by atoms with Crippen LogP contribution in [0, 0.1) is 0 Å². The predicted molar refractivity (Wildman–Crippen MR) is 118 cm³/mol. The molecule has 0 aromatic heterocycles. The predicted octanol–water partition coefficient (Wildman–Crippen LogP) is 0.240. The lowest BCUT2D eigenvalue weighted by Crippen LogP contribution is -2.50. The Morgan fingerprint density at radius 2 is 1.38 bits per heavy atom. The lowest BCUT2D eigenvalue weighted by Gasteiger charge is -2.34. The van der Waals surface area contributed by atoms with Crippen LogP contribution in [0.4, 0.5) is 5.69 Å². The number of carboxylic acid groups (broad SMARTS) is 1. The van der Waals surface area contributed by atoms with Gasteiger partial charge in [0, 0.05) is 38.6 Å². The molecule has 0 atom stereocenters. The van der Waals surface area contributed by atoms with Crippen molar-refractivity contribution in [2.24, 2.45) is 0 Å². The minimum absolute atomic E-state index is 0.0154. The van der Waals surface area contributed by atoms with Gasteiger partial charge in [-0.25, -0.2) is 13.3 Å². The summed E-state index contributed by atoms with van der Waals surface area (Å²) < 4.78 is 27.4. The minimum Gasteiger partial charge on any atom is -0.550 e. The van der Waals surface area contributed by atoms with Crippen LogP contribution in [0.3, 0.4) is 0 Å². The molecule has 4 rings (SSSR count). The second kappa shape index (κ2) is 9.35. The monoisotopic (exact) mass is 484 g/mol. The van der Waals surface area contributed by atoms with Gasteiger partial charge in [0.1, 0.15) is 0 Å². The summed E-state index contributed by atoms with van der Waals surface area (Å²) in [7, 11) is -3.84. The van der Waals surface area contributed by atoms with E-state index in [4.69, 9.17) is 0 Å². The third kappa shape index (κ3) is 4.44. The van der Waals surface area contributed by atoms with Gasteiger partial charge in [-0.15, -0.1) is 0 Å². The molecule has 2 aliphatic rings. The molecule has 11 heteroatoms. The number of anilines is 1. The van der Waals surface area contributed by atoms with Gasteiger partial charge in [-0.05, 0) is 49.2 Å². The summed E-state index contributed by atoms with van der Waals surface area (Å²) >= 11 is 0. The van der Waals surface area contributed by atoms with E-state index in [1.54, 1.807) is 24.3 Å². The largest absolute Gasteiger partial charge is 0.550 e. The van der Waals surface area contributed by atoms with Crippen molar-refractivity contribution >= 4 is 39.4 Å². The van der Waals surface area contributed by atoms with E-state index in [0.717, 1.165) is 4.90 Å². The summed E-state index contributed by atoms with van der Waals surface area (Å²) in [5, 5.41) is 10.5. The quantitative estimate of drug-likeness (QED) is 0.514. The lowest BCUT2D eigenvalue weighted by molar-refractivity contribution is -0.305. The number of sulfonamides is 1. The lowest BCUT2D eigenvalue weighted by atomic mass is 10.1. The second-order valence-corrected chi connectivity index (χ2v) is 9.93. The summed E-state index contributed by atoms with van der Waals surface area (Å²) in [6.07, 6.45) is 0.0515. The van der Waals surface area contributed by atoms with Crippen molar-refractivity contribution in [3.8, 4) is 0 Å². The Kier molecular flexibility index (Phi) is 6.49. The summed E-state index contributed by atoms with van der Waals surface area (Å²) in [6.45, 7) is 0.621. The van der Waals surface area contributed by atoms with Gasteiger partial charge < -0.3 is 14.8 Å². The fourth-order valence-corrected chi connectivity index (χ4v) is 5.48. The molecule has 0 radical (unpaired) electrons. The van der Waals surface area contributed by atoms with Crippen LogP contribution < -0.4 is 10.0 Å². The van der Waals surface area contributed by atoms with Crippen molar-refractivity contribution < 1.29 is 32.7 Å². The van der Waals surface area contributed by atoms with E-state index >= 15 is 0 Å². The summed E-state index contributed by atoms with van der Waals surface area (Å²) in [6, 6.07) is 12.0. The molecule has 1 fully saturated rings. The van der Waals surface area contributed by atoms with E-state index in [2.05, 4.69) is 0 Å². The van der Waals surface area contributed by atoms with Crippen molar-refractivity contribution in [1.29, 1.82) is 0 Å². The highest BCUT2D eigenvalue weighted by Gasteiger charge is 2.36. The number of imide groups is 1. The van der Waals surface area contributed by atoms with Crippen molar-refractivity contribution in [2.75, 3.05) is 31.1 Å². The van der Waals surface area contributed by atoms with Crippen molar-refractivity contribution in [2.45, 2.75) is 24.2 Å². The van der Waals surface area contributed by atoms with Crippen LogP contribution in [0.1, 0.15) is 40.0 Å². The van der Waals surface area contributed by atoms with Crippen LogP contribution in [0.25, 0.3) is 0 Å². The van der Waals surface area contributed by atoms with Gasteiger partial charge >= 0.3 is 0 Å². The van der Waals surface area contributed by atoms with E-state index in [1.165, 1.54) is 33.5 Å². The smallest absolute Gasteiger partial charge is 0.266 e. The molecule has 2 aromatic rings. The number of piperazine rings is 1. The standard InChI is InChI=1S/C23H23N3O7S/c27-20(6-3-7-21(28)29)24-12-14-25(15-13-24)34(32,33)17-10-8-16(9-11-17)26-22(30)18-4-1-2-5-19(18)23(26)31/h1-2,4-5,8-11H,3,6-7,12-15H2,(H,28,29)/p-1. The van der Waals surface area contributed by atoms with E-state index < -0.39 is 27.8 Å². The third-order valence-electron chi connectivity index (χ3n) is 5.89. The number of benzene rings is 2. The average molecular weight is 485 g/mol. The second-order valence-electron chi connectivity index (χ2n) is 8.00. The van der Waals surface area contributed by atoms with Crippen LogP contribution in [0.15, 0.2) is 53.4 Å². The Hall–Kier alpha value is -3.57. The van der Waals surface area contributed by atoms with Crippen molar-refractivity contribution in [3.05, 3.63) is 59.7 Å². The molecule has 2 aliphatic heterocycles. The molecule has 34 heavy (non-hydrogen) atoms. The van der Waals surface area contributed by atoms with Gasteiger partial charge in [-0.1, -0.05) is 12.1 Å². The number of carbonyl (C=O) groups is 4. The first-order chi connectivity index (χ1) is 16.2. The molecule has 178 valence electrons. The zero-order valence-electron chi connectivity index (χ0n) is 18.2. The van der Waals surface area contributed by atoms with Crippen molar-refractivity contribution in [3.63, 3.8) is 0 Å². The zero-order chi connectivity index (χ0) is 24.5. The van der Waals surface area contributed by atoms with Gasteiger partial charge in [-0.3, -0.25) is 14.4 Å². The van der Waals surface area contributed by atoms with E-state index in [0.29, 0.717) is 11.1 Å². The normalized spacial score (nSPS) is 16.6. The topological polar surface area (TPSA) is 135 Å². The average Bonchev–Trinajstić information content (AvgIpc) is 3.09. The molecule has 3 amide bonds.